The van der Waals surface area contributed by atoms with Crippen LogP contribution in [-0.2, 0) is 16.1 Å². The first kappa shape index (κ1) is 15.4. The molecule has 0 aliphatic heterocycles. The number of hydrogen-bond acceptors (Lipinski definition) is 4. The van der Waals surface area contributed by atoms with E-state index in [1.54, 1.807) is 6.07 Å². The van der Waals surface area contributed by atoms with Gasteiger partial charge < -0.3 is 15.2 Å². The Morgan fingerprint density at radius 3 is 2.76 bits per heavy atom. The molecule has 0 radical (unpaired) electrons. The van der Waals surface area contributed by atoms with Crippen molar-refractivity contribution in [1.82, 2.24) is 10.3 Å². The number of nitrogens with one attached hydrogen (secondary N) is 1. The van der Waals surface area contributed by atoms with Gasteiger partial charge in [0.1, 0.15) is 5.69 Å². The van der Waals surface area contributed by atoms with Crippen LogP contribution in [0.1, 0.15) is 42.2 Å². The minimum atomic E-state index is -1.06. The Hall–Kier alpha value is -1.95. The number of rotatable bonds is 7. The molecule has 0 bridgehead atoms. The van der Waals surface area contributed by atoms with E-state index in [-0.39, 0.29) is 11.6 Å². The van der Waals surface area contributed by atoms with Crippen LogP contribution in [0.15, 0.2) is 18.3 Å². The van der Waals surface area contributed by atoms with Crippen LogP contribution in [0.25, 0.3) is 0 Å². The first-order valence-electron chi connectivity index (χ1n) is 7.15. The van der Waals surface area contributed by atoms with Gasteiger partial charge in [0.15, 0.2) is 0 Å². The predicted octanol–water partition coefficient (Wildman–Crippen LogP) is 1.60. The molecule has 1 saturated carbocycles. The summed E-state index contributed by atoms with van der Waals surface area (Å²) in [4.78, 5) is 26.3. The van der Waals surface area contributed by atoms with Crippen LogP contribution in [0.2, 0.25) is 0 Å². The molecule has 21 heavy (non-hydrogen) atoms. The molecule has 0 aromatic carbocycles. The van der Waals surface area contributed by atoms with Crippen LogP contribution >= 0.6 is 0 Å². The standard InChI is InChI=1S/C15H20N2O4/c1-2-21-12-5-11(6-12)7-14(18)17-9-10-3-4-13(15(19)20)16-8-10/h3-4,8,11-12H,2,5-7,9H2,1H3,(H,17,18)(H,19,20). The monoisotopic (exact) mass is 292 g/mol. The van der Waals surface area contributed by atoms with Gasteiger partial charge >= 0.3 is 5.97 Å². The van der Waals surface area contributed by atoms with Gasteiger partial charge in [0.25, 0.3) is 0 Å². The molecule has 1 heterocycles. The van der Waals surface area contributed by atoms with E-state index in [9.17, 15) is 9.59 Å². The minimum Gasteiger partial charge on any atom is -0.477 e. The Balaban J connectivity index is 1.68. The molecule has 0 atom stereocenters. The number of hydrogen-bond donors (Lipinski definition) is 2. The van der Waals surface area contributed by atoms with E-state index in [4.69, 9.17) is 9.84 Å². The van der Waals surface area contributed by atoms with E-state index in [0.717, 1.165) is 25.0 Å². The molecule has 1 aliphatic carbocycles. The maximum absolute atomic E-state index is 11.8. The van der Waals surface area contributed by atoms with Crippen molar-refractivity contribution in [2.24, 2.45) is 5.92 Å². The normalized spacial score (nSPS) is 20.6. The van der Waals surface area contributed by atoms with Crippen LogP contribution in [0.4, 0.5) is 0 Å². The van der Waals surface area contributed by atoms with Gasteiger partial charge in [-0.3, -0.25) is 4.79 Å². The fraction of sp³-hybridized carbons (Fsp3) is 0.533. The molecular weight excluding hydrogens is 272 g/mol. The van der Waals surface area contributed by atoms with Crippen LogP contribution < -0.4 is 5.32 Å². The molecule has 1 aromatic heterocycles. The Labute approximate surface area is 123 Å². The van der Waals surface area contributed by atoms with Gasteiger partial charge in [0.05, 0.1) is 6.10 Å². The van der Waals surface area contributed by atoms with E-state index < -0.39 is 5.97 Å². The van der Waals surface area contributed by atoms with Gasteiger partial charge in [0, 0.05) is 25.8 Å². The van der Waals surface area contributed by atoms with E-state index in [2.05, 4.69) is 10.3 Å². The van der Waals surface area contributed by atoms with Gasteiger partial charge in [-0.2, -0.15) is 0 Å². The molecule has 1 aromatic rings. The lowest BCUT2D eigenvalue weighted by Crippen LogP contribution is -2.35. The fourth-order valence-corrected chi connectivity index (χ4v) is 2.40. The molecule has 6 nitrogen and oxygen atoms in total. The third kappa shape index (κ3) is 4.53. The average molecular weight is 292 g/mol. The molecule has 1 aliphatic rings. The summed E-state index contributed by atoms with van der Waals surface area (Å²) in [7, 11) is 0. The summed E-state index contributed by atoms with van der Waals surface area (Å²) < 4.78 is 5.46. The zero-order chi connectivity index (χ0) is 15.2. The Morgan fingerprint density at radius 1 is 1.43 bits per heavy atom. The van der Waals surface area contributed by atoms with Crippen LogP contribution in [-0.4, -0.2) is 34.7 Å². The summed E-state index contributed by atoms with van der Waals surface area (Å²) in [6, 6.07) is 3.09. The molecule has 2 rings (SSSR count). The molecule has 2 N–H and O–H groups in total. The molecule has 6 heteroatoms. The number of carbonyl (C=O) groups is 2. The summed E-state index contributed by atoms with van der Waals surface area (Å²) in [5, 5.41) is 11.6. The highest BCUT2D eigenvalue weighted by molar-refractivity contribution is 5.85. The van der Waals surface area contributed by atoms with Crippen molar-refractivity contribution in [3.05, 3.63) is 29.6 Å². The zero-order valence-corrected chi connectivity index (χ0v) is 12.0. The van der Waals surface area contributed by atoms with Gasteiger partial charge in [0.2, 0.25) is 5.91 Å². The van der Waals surface area contributed by atoms with E-state index in [1.165, 1.54) is 12.3 Å². The predicted molar refractivity (Wildman–Crippen MR) is 75.8 cm³/mol. The van der Waals surface area contributed by atoms with Crippen LogP contribution in [0.5, 0.6) is 0 Å². The fourth-order valence-electron chi connectivity index (χ4n) is 2.40. The number of carboxylic acids is 1. The smallest absolute Gasteiger partial charge is 0.354 e. The second-order valence-corrected chi connectivity index (χ2v) is 5.25. The van der Waals surface area contributed by atoms with Crippen LogP contribution in [0, 0.1) is 5.92 Å². The first-order valence-corrected chi connectivity index (χ1v) is 7.15. The van der Waals surface area contributed by atoms with E-state index >= 15 is 0 Å². The Bertz CT molecular complexity index is 495. The first-order chi connectivity index (χ1) is 10.1. The number of amides is 1. The van der Waals surface area contributed by atoms with Crippen molar-refractivity contribution in [2.75, 3.05) is 6.61 Å². The Kier molecular flexibility index (Phi) is 5.27. The SMILES string of the molecule is CCOC1CC(CC(=O)NCc2ccc(C(=O)O)nc2)C1. The second kappa shape index (κ2) is 7.17. The molecule has 0 unspecified atom stereocenters. The average Bonchev–Trinajstić information content (AvgIpc) is 2.43. The number of carboxylic acid groups (broad SMARTS) is 1. The van der Waals surface area contributed by atoms with Crippen molar-refractivity contribution < 1.29 is 19.4 Å². The number of pyridine rings is 1. The van der Waals surface area contributed by atoms with Gasteiger partial charge in [-0.05, 0) is 37.3 Å². The van der Waals surface area contributed by atoms with Gasteiger partial charge in [-0.25, -0.2) is 9.78 Å². The largest absolute Gasteiger partial charge is 0.477 e. The maximum atomic E-state index is 11.8. The van der Waals surface area contributed by atoms with Crippen molar-refractivity contribution in [1.29, 1.82) is 0 Å². The summed E-state index contributed by atoms with van der Waals surface area (Å²) in [6.07, 6.45) is 4.22. The summed E-state index contributed by atoms with van der Waals surface area (Å²) in [5.41, 5.74) is 0.788. The topological polar surface area (TPSA) is 88.5 Å². The quantitative estimate of drug-likeness (QED) is 0.797. The van der Waals surface area contributed by atoms with Crippen molar-refractivity contribution >= 4 is 11.9 Å². The van der Waals surface area contributed by atoms with Crippen molar-refractivity contribution in [3.8, 4) is 0 Å². The van der Waals surface area contributed by atoms with Crippen LogP contribution in [0.3, 0.4) is 0 Å². The maximum Gasteiger partial charge on any atom is 0.354 e. The van der Waals surface area contributed by atoms with Crippen molar-refractivity contribution in [3.63, 3.8) is 0 Å². The number of aromatic nitrogens is 1. The number of carbonyl (C=O) groups excluding carboxylic acids is 1. The molecule has 1 amide bonds. The molecule has 1 fully saturated rings. The Morgan fingerprint density at radius 2 is 2.19 bits per heavy atom. The van der Waals surface area contributed by atoms with E-state index in [1.807, 2.05) is 6.92 Å². The molecular formula is C15H20N2O4. The second-order valence-electron chi connectivity index (χ2n) is 5.25. The molecule has 0 saturated heterocycles. The minimum absolute atomic E-state index is 0.00140. The van der Waals surface area contributed by atoms with Gasteiger partial charge in [-0.1, -0.05) is 6.07 Å². The third-order valence-electron chi connectivity index (χ3n) is 3.60. The lowest BCUT2D eigenvalue weighted by Gasteiger charge is -2.34. The summed E-state index contributed by atoms with van der Waals surface area (Å²) in [6.45, 7) is 3.07. The lowest BCUT2D eigenvalue weighted by atomic mass is 9.80. The van der Waals surface area contributed by atoms with E-state index in [0.29, 0.717) is 25.0 Å². The summed E-state index contributed by atoms with van der Waals surface area (Å²) >= 11 is 0. The highest BCUT2D eigenvalue weighted by atomic mass is 16.5. The number of nitrogens with zero attached hydrogens (tertiary/aromatic N) is 1. The lowest BCUT2D eigenvalue weighted by molar-refractivity contribution is -0.124. The molecule has 114 valence electrons. The zero-order valence-electron chi connectivity index (χ0n) is 12.0. The third-order valence-corrected chi connectivity index (χ3v) is 3.60. The number of ether oxygens (including phenoxy) is 1. The number of aromatic carboxylic acids is 1. The van der Waals surface area contributed by atoms with Crippen molar-refractivity contribution in [2.45, 2.75) is 38.8 Å². The summed E-state index contributed by atoms with van der Waals surface area (Å²) in [5.74, 6) is -0.634. The molecule has 0 spiro atoms. The van der Waals surface area contributed by atoms with Gasteiger partial charge in [-0.15, -0.1) is 0 Å². The highest BCUT2D eigenvalue weighted by Crippen LogP contribution is 2.32. The highest BCUT2D eigenvalue weighted by Gasteiger charge is 2.30.